The van der Waals surface area contributed by atoms with Gasteiger partial charge in [0.15, 0.2) is 0 Å². The molecule has 1 saturated heterocycles. The SMILES string of the molecule is Cc1cc(C(C)(C)O)nn1-c1cccc([C@@H](CC(=O)O)CN2CC[C@@H](CCc3ccc4c(n3)NCCC4)C2)c1. The molecule has 0 unspecified atom stereocenters. The number of nitrogens with zero attached hydrogens (tertiary/aromatic N) is 4. The van der Waals surface area contributed by atoms with Gasteiger partial charge in [0.1, 0.15) is 11.4 Å². The number of hydrogen-bond donors (Lipinski definition) is 3. The van der Waals surface area contributed by atoms with Crippen LogP contribution < -0.4 is 5.32 Å². The lowest BCUT2D eigenvalue weighted by atomic mass is 9.94. The lowest BCUT2D eigenvalue weighted by Gasteiger charge is -2.24. The predicted molar refractivity (Wildman–Crippen MR) is 152 cm³/mol. The van der Waals surface area contributed by atoms with Crippen molar-refractivity contribution in [3.05, 3.63) is 70.7 Å². The van der Waals surface area contributed by atoms with Gasteiger partial charge in [0, 0.05) is 36.9 Å². The summed E-state index contributed by atoms with van der Waals surface area (Å²) in [4.78, 5) is 19.1. The van der Waals surface area contributed by atoms with Crippen molar-refractivity contribution >= 4 is 11.8 Å². The van der Waals surface area contributed by atoms with E-state index in [1.165, 1.54) is 12.0 Å². The maximum absolute atomic E-state index is 11.8. The van der Waals surface area contributed by atoms with Crippen LogP contribution in [0.5, 0.6) is 0 Å². The fourth-order valence-corrected chi connectivity index (χ4v) is 5.93. The van der Waals surface area contributed by atoms with E-state index in [1.54, 1.807) is 13.8 Å². The topological polar surface area (TPSA) is 104 Å². The zero-order chi connectivity index (χ0) is 27.6. The van der Waals surface area contributed by atoms with Crippen molar-refractivity contribution in [3.8, 4) is 5.69 Å². The lowest BCUT2D eigenvalue weighted by Crippen LogP contribution is -2.28. The average Bonchev–Trinajstić information content (AvgIpc) is 3.53. The van der Waals surface area contributed by atoms with E-state index >= 15 is 0 Å². The third-order valence-corrected chi connectivity index (χ3v) is 8.13. The number of rotatable bonds is 10. The van der Waals surface area contributed by atoms with Crippen LogP contribution in [0.15, 0.2) is 42.5 Å². The molecule has 3 aromatic rings. The highest BCUT2D eigenvalue weighted by molar-refractivity contribution is 5.68. The summed E-state index contributed by atoms with van der Waals surface area (Å²) in [5, 5.41) is 28.2. The number of pyridine rings is 1. The van der Waals surface area contributed by atoms with Crippen LogP contribution in [-0.2, 0) is 23.2 Å². The average molecular weight is 532 g/mol. The molecule has 208 valence electrons. The number of aliphatic hydroxyl groups is 1. The van der Waals surface area contributed by atoms with E-state index in [9.17, 15) is 15.0 Å². The molecule has 0 saturated carbocycles. The molecule has 0 amide bonds. The summed E-state index contributed by atoms with van der Waals surface area (Å²) < 4.78 is 1.82. The van der Waals surface area contributed by atoms with Crippen molar-refractivity contribution < 1.29 is 15.0 Å². The van der Waals surface area contributed by atoms with Crippen LogP contribution in [0.4, 0.5) is 5.82 Å². The number of anilines is 1. The van der Waals surface area contributed by atoms with E-state index in [0.717, 1.165) is 80.3 Å². The Balaban J connectivity index is 1.23. The van der Waals surface area contributed by atoms with Crippen molar-refractivity contribution in [1.82, 2.24) is 19.7 Å². The summed E-state index contributed by atoms with van der Waals surface area (Å²) in [5.74, 6) is 0.763. The largest absolute Gasteiger partial charge is 0.481 e. The molecule has 39 heavy (non-hydrogen) atoms. The third-order valence-electron chi connectivity index (χ3n) is 8.13. The lowest BCUT2D eigenvalue weighted by molar-refractivity contribution is -0.137. The maximum atomic E-state index is 11.8. The fraction of sp³-hybridized carbons (Fsp3) is 0.516. The van der Waals surface area contributed by atoms with Gasteiger partial charge in [-0.05, 0) is 101 Å². The van der Waals surface area contributed by atoms with E-state index in [2.05, 4.69) is 27.4 Å². The summed E-state index contributed by atoms with van der Waals surface area (Å²) in [7, 11) is 0. The maximum Gasteiger partial charge on any atom is 0.304 e. The molecular formula is C31H41N5O3. The minimum absolute atomic E-state index is 0.0870. The summed E-state index contributed by atoms with van der Waals surface area (Å²) in [6.45, 7) is 9.12. The minimum Gasteiger partial charge on any atom is -0.481 e. The van der Waals surface area contributed by atoms with Gasteiger partial charge in [-0.15, -0.1) is 0 Å². The number of aliphatic carboxylic acids is 1. The molecule has 0 spiro atoms. The van der Waals surface area contributed by atoms with Crippen molar-refractivity contribution in [2.24, 2.45) is 5.92 Å². The molecule has 2 aliphatic heterocycles. The molecule has 5 rings (SSSR count). The van der Waals surface area contributed by atoms with Gasteiger partial charge in [0.05, 0.1) is 17.8 Å². The van der Waals surface area contributed by atoms with Crippen molar-refractivity contribution in [1.29, 1.82) is 0 Å². The Morgan fingerprint density at radius 2 is 2.08 bits per heavy atom. The van der Waals surface area contributed by atoms with Crippen LogP contribution in [0.1, 0.15) is 73.7 Å². The first-order valence-corrected chi connectivity index (χ1v) is 14.2. The van der Waals surface area contributed by atoms with E-state index < -0.39 is 11.6 Å². The first kappa shape index (κ1) is 27.3. The molecule has 8 nitrogen and oxygen atoms in total. The number of aromatic nitrogens is 3. The highest BCUT2D eigenvalue weighted by atomic mass is 16.4. The molecule has 3 N–H and O–H groups in total. The van der Waals surface area contributed by atoms with Gasteiger partial charge < -0.3 is 20.4 Å². The van der Waals surface area contributed by atoms with Gasteiger partial charge in [0.2, 0.25) is 0 Å². The molecule has 1 aromatic carbocycles. The Morgan fingerprint density at radius 3 is 2.85 bits per heavy atom. The third kappa shape index (κ3) is 6.68. The Morgan fingerprint density at radius 1 is 1.23 bits per heavy atom. The second-order valence-electron chi connectivity index (χ2n) is 11.8. The number of carbonyl (C=O) groups is 1. The number of hydrogen-bond acceptors (Lipinski definition) is 6. The van der Waals surface area contributed by atoms with Crippen LogP contribution in [0.3, 0.4) is 0 Å². The molecule has 1 fully saturated rings. The van der Waals surface area contributed by atoms with Gasteiger partial charge >= 0.3 is 5.97 Å². The number of benzene rings is 1. The van der Waals surface area contributed by atoms with Gasteiger partial charge in [-0.25, -0.2) is 9.67 Å². The van der Waals surface area contributed by atoms with Gasteiger partial charge in [-0.1, -0.05) is 18.2 Å². The van der Waals surface area contributed by atoms with Crippen molar-refractivity contribution in [2.45, 2.75) is 70.8 Å². The van der Waals surface area contributed by atoms with Gasteiger partial charge in [-0.3, -0.25) is 4.79 Å². The van der Waals surface area contributed by atoms with Crippen LogP contribution in [0.25, 0.3) is 5.69 Å². The Bertz CT molecular complexity index is 1310. The molecular weight excluding hydrogens is 490 g/mol. The second kappa shape index (κ2) is 11.5. The van der Waals surface area contributed by atoms with Gasteiger partial charge in [-0.2, -0.15) is 5.10 Å². The highest BCUT2D eigenvalue weighted by Gasteiger charge is 2.27. The summed E-state index contributed by atoms with van der Waals surface area (Å²) >= 11 is 0. The van der Waals surface area contributed by atoms with Gasteiger partial charge in [0.25, 0.3) is 0 Å². The number of carboxylic acids is 1. The Labute approximate surface area is 231 Å². The minimum atomic E-state index is -1.03. The first-order chi connectivity index (χ1) is 18.7. The van der Waals surface area contributed by atoms with Crippen LogP contribution in [-0.4, -0.2) is 62.0 Å². The van der Waals surface area contributed by atoms with E-state index in [-0.39, 0.29) is 12.3 Å². The molecule has 2 aromatic heterocycles. The number of fused-ring (bicyclic) bond motifs is 1. The monoisotopic (exact) mass is 531 g/mol. The number of carboxylic acid groups (broad SMARTS) is 1. The number of aryl methyl sites for hydroxylation is 3. The summed E-state index contributed by atoms with van der Waals surface area (Å²) in [5.41, 5.74) is 4.86. The molecule has 0 radical (unpaired) electrons. The molecule has 0 bridgehead atoms. The normalized spacial score (nSPS) is 18.5. The summed E-state index contributed by atoms with van der Waals surface area (Å²) in [6.07, 6.45) is 5.58. The van der Waals surface area contributed by atoms with Crippen LogP contribution in [0, 0.1) is 12.8 Å². The van der Waals surface area contributed by atoms with E-state index in [1.807, 2.05) is 41.9 Å². The molecule has 0 aliphatic carbocycles. The summed E-state index contributed by atoms with van der Waals surface area (Å²) in [6, 6.07) is 14.3. The van der Waals surface area contributed by atoms with Crippen LogP contribution in [0.2, 0.25) is 0 Å². The molecule has 2 aliphatic rings. The van der Waals surface area contributed by atoms with Crippen LogP contribution >= 0.6 is 0 Å². The van der Waals surface area contributed by atoms with E-state index in [4.69, 9.17) is 4.98 Å². The van der Waals surface area contributed by atoms with Crippen molar-refractivity contribution in [2.75, 3.05) is 31.5 Å². The van der Waals surface area contributed by atoms with Crippen molar-refractivity contribution in [3.63, 3.8) is 0 Å². The number of likely N-dealkylation sites (tertiary alicyclic amines) is 1. The quantitative estimate of drug-likeness (QED) is 0.349. The molecule has 2 atom stereocenters. The highest BCUT2D eigenvalue weighted by Crippen LogP contribution is 2.29. The predicted octanol–water partition coefficient (Wildman–Crippen LogP) is 4.67. The fourth-order valence-electron chi connectivity index (χ4n) is 5.93. The number of nitrogens with one attached hydrogen (secondary N) is 1. The Hall–Kier alpha value is -3.23. The standard InChI is InChI=1S/C31H41N5O3/c1-21-16-28(31(2,3)39)34-36(21)27-8-4-6-24(17-27)25(18-29(37)38)20-35-15-13-22(19-35)9-11-26-12-10-23-7-5-14-32-30(23)33-26/h4,6,8,10,12,16-17,22,25,39H,5,7,9,11,13-15,18-20H2,1-3H3,(H,32,33)(H,37,38)/t22-,25+/m1/s1. The zero-order valence-electron chi connectivity index (χ0n) is 23.4. The first-order valence-electron chi connectivity index (χ1n) is 14.2. The molecule has 8 heteroatoms. The Kier molecular flexibility index (Phi) is 8.05. The smallest absolute Gasteiger partial charge is 0.304 e. The van der Waals surface area contributed by atoms with E-state index in [0.29, 0.717) is 11.6 Å². The zero-order valence-corrected chi connectivity index (χ0v) is 23.4. The second-order valence-corrected chi connectivity index (χ2v) is 11.8. The molecule has 4 heterocycles.